The number of carbonyl (C=O) groups excluding carboxylic acids is 1. The molecule has 6 nitrogen and oxygen atoms in total. The average Bonchev–Trinajstić information content (AvgIpc) is 3.58. The van der Waals surface area contributed by atoms with Gasteiger partial charge in [0.15, 0.2) is 0 Å². The topological polar surface area (TPSA) is 66.5 Å². The monoisotopic (exact) mass is 372 g/mol. The zero-order chi connectivity index (χ0) is 18.6. The van der Waals surface area contributed by atoms with Gasteiger partial charge in [0.05, 0.1) is 18.8 Å². The van der Waals surface area contributed by atoms with Crippen LogP contribution in [0.3, 0.4) is 0 Å². The minimum Gasteiger partial charge on any atom is -0.366 e. The van der Waals surface area contributed by atoms with Gasteiger partial charge >= 0.3 is 0 Å². The van der Waals surface area contributed by atoms with Crippen molar-refractivity contribution in [3.05, 3.63) is 29.1 Å². The van der Waals surface area contributed by atoms with Crippen molar-refractivity contribution in [1.82, 2.24) is 20.5 Å². The van der Waals surface area contributed by atoms with Crippen molar-refractivity contribution in [3.63, 3.8) is 0 Å². The average molecular weight is 373 g/mol. The van der Waals surface area contributed by atoms with Crippen molar-refractivity contribution in [2.24, 2.45) is 0 Å². The van der Waals surface area contributed by atoms with Crippen LogP contribution >= 0.6 is 0 Å². The van der Waals surface area contributed by atoms with Gasteiger partial charge in [-0.15, -0.1) is 0 Å². The second-order valence-corrected chi connectivity index (χ2v) is 8.13. The Morgan fingerprint density at radius 3 is 2.85 bits per heavy atom. The molecular weight excluding hydrogens is 340 g/mol. The highest BCUT2D eigenvalue weighted by Gasteiger charge is 2.37. The normalized spacial score (nSPS) is 22.6. The lowest BCUT2D eigenvalue weighted by molar-refractivity contribution is -0.146. The molecule has 2 N–H and O–H groups in total. The summed E-state index contributed by atoms with van der Waals surface area (Å²) in [4.78, 5) is 20.0. The number of hydrogen-bond acceptors (Lipinski definition) is 5. The fourth-order valence-electron chi connectivity index (χ4n) is 3.82. The molecule has 2 heterocycles. The Hall–Kier alpha value is -1.50. The fraction of sp³-hybridized carbons (Fsp3) is 0.714. The van der Waals surface area contributed by atoms with Gasteiger partial charge in [-0.25, -0.2) is 0 Å². The third-order valence-corrected chi connectivity index (χ3v) is 5.65. The molecule has 6 heteroatoms. The van der Waals surface area contributed by atoms with Crippen LogP contribution < -0.4 is 10.6 Å². The Kier molecular flexibility index (Phi) is 6.05. The van der Waals surface area contributed by atoms with E-state index in [1.165, 1.54) is 24.1 Å². The summed E-state index contributed by atoms with van der Waals surface area (Å²) in [6.45, 7) is 3.69. The molecule has 148 valence electrons. The van der Waals surface area contributed by atoms with Crippen LogP contribution in [0.15, 0.2) is 12.1 Å². The first-order valence-corrected chi connectivity index (χ1v) is 10.5. The highest BCUT2D eigenvalue weighted by molar-refractivity contribution is 5.82. The van der Waals surface area contributed by atoms with Crippen molar-refractivity contribution < 1.29 is 9.53 Å². The molecule has 0 unspecified atom stereocenters. The zero-order valence-electron chi connectivity index (χ0n) is 16.4. The van der Waals surface area contributed by atoms with Crippen LogP contribution in [0.5, 0.6) is 0 Å². The molecule has 0 aromatic carbocycles. The fourth-order valence-corrected chi connectivity index (χ4v) is 3.82. The number of aromatic nitrogens is 1. The van der Waals surface area contributed by atoms with Crippen molar-refractivity contribution in [3.8, 4) is 0 Å². The number of ether oxygens (including phenoxy) is 1. The van der Waals surface area contributed by atoms with E-state index in [-0.39, 0.29) is 12.0 Å². The molecule has 27 heavy (non-hydrogen) atoms. The van der Waals surface area contributed by atoms with Crippen molar-refractivity contribution in [2.45, 2.75) is 63.1 Å². The molecule has 1 saturated heterocycles. The van der Waals surface area contributed by atoms with Crippen LogP contribution in [0.2, 0.25) is 0 Å². The van der Waals surface area contributed by atoms with E-state index in [0.29, 0.717) is 31.7 Å². The van der Waals surface area contributed by atoms with Crippen molar-refractivity contribution in [1.29, 1.82) is 0 Å². The van der Waals surface area contributed by atoms with Gasteiger partial charge in [0.2, 0.25) is 0 Å². The molecule has 1 amide bonds. The summed E-state index contributed by atoms with van der Waals surface area (Å²) >= 11 is 0. The number of aryl methyl sites for hydroxylation is 1. The van der Waals surface area contributed by atoms with Gasteiger partial charge < -0.3 is 20.3 Å². The van der Waals surface area contributed by atoms with E-state index in [9.17, 15) is 4.79 Å². The van der Waals surface area contributed by atoms with Gasteiger partial charge in [-0.3, -0.25) is 9.78 Å². The second-order valence-electron chi connectivity index (χ2n) is 8.13. The molecule has 0 spiro atoms. The van der Waals surface area contributed by atoms with Gasteiger partial charge in [0, 0.05) is 30.7 Å². The Bertz CT molecular complexity index is 652. The highest BCUT2D eigenvalue weighted by atomic mass is 16.5. The summed E-state index contributed by atoms with van der Waals surface area (Å²) in [5.41, 5.74) is 3.63. The lowest BCUT2D eigenvalue weighted by Gasteiger charge is -2.30. The van der Waals surface area contributed by atoms with Crippen molar-refractivity contribution >= 4 is 5.91 Å². The zero-order valence-corrected chi connectivity index (χ0v) is 16.4. The number of amides is 1. The molecule has 3 fully saturated rings. The minimum absolute atomic E-state index is 0.125. The summed E-state index contributed by atoms with van der Waals surface area (Å²) in [7, 11) is 1.99. The summed E-state index contributed by atoms with van der Waals surface area (Å²) in [5.74, 6) is 0.754. The van der Waals surface area contributed by atoms with Crippen LogP contribution in [-0.2, 0) is 22.5 Å². The van der Waals surface area contributed by atoms with E-state index < -0.39 is 0 Å². The Morgan fingerprint density at radius 2 is 2.19 bits per heavy atom. The number of morpholine rings is 1. The second kappa shape index (κ2) is 8.67. The first-order chi connectivity index (χ1) is 13.2. The largest absolute Gasteiger partial charge is 0.366 e. The van der Waals surface area contributed by atoms with Crippen LogP contribution in [-0.4, -0.2) is 61.2 Å². The van der Waals surface area contributed by atoms with E-state index in [4.69, 9.17) is 9.72 Å². The number of nitrogens with zero attached hydrogens (tertiary/aromatic N) is 2. The number of hydrogen-bond donors (Lipinski definition) is 2. The van der Waals surface area contributed by atoms with E-state index in [1.54, 1.807) is 0 Å². The number of pyridine rings is 1. The predicted octanol–water partition coefficient (Wildman–Crippen LogP) is 1.59. The van der Waals surface area contributed by atoms with E-state index >= 15 is 0 Å². The molecule has 2 aliphatic carbocycles. The molecule has 1 aromatic heterocycles. The quantitative estimate of drug-likeness (QED) is 0.645. The molecule has 0 bridgehead atoms. The Labute approximate surface area is 162 Å². The van der Waals surface area contributed by atoms with Crippen LogP contribution in [0.25, 0.3) is 0 Å². The Balaban J connectivity index is 1.49. The maximum atomic E-state index is 13.0. The smallest absolute Gasteiger partial charge is 0.253 e. The summed E-state index contributed by atoms with van der Waals surface area (Å²) in [6, 6.07) is 4.86. The number of carbonyl (C=O) groups is 1. The first-order valence-electron chi connectivity index (χ1n) is 10.5. The van der Waals surface area contributed by atoms with E-state index in [1.807, 2.05) is 11.9 Å². The van der Waals surface area contributed by atoms with Crippen LogP contribution in [0.1, 0.15) is 55.0 Å². The van der Waals surface area contributed by atoms with Gasteiger partial charge in [0.25, 0.3) is 5.91 Å². The van der Waals surface area contributed by atoms with Gasteiger partial charge in [0.1, 0.15) is 6.10 Å². The Morgan fingerprint density at radius 1 is 1.33 bits per heavy atom. The maximum Gasteiger partial charge on any atom is 0.253 e. The predicted molar refractivity (Wildman–Crippen MR) is 105 cm³/mol. The molecule has 4 rings (SSSR count). The molecular formula is C21H32N4O2. The SMILES string of the molecule is CNCCCc1cc(CN(C(=O)[C@H]2CNCCO2)C2CC2)nc(C2CC2)c1. The molecule has 1 aliphatic heterocycles. The van der Waals surface area contributed by atoms with E-state index in [0.717, 1.165) is 44.5 Å². The van der Waals surface area contributed by atoms with Gasteiger partial charge in [-0.2, -0.15) is 0 Å². The number of rotatable bonds is 9. The minimum atomic E-state index is -0.346. The summed E-state index contributed by atoms with van der Waals surface area (Å²) < 4.78 is 5.72. The van der Waals surface area contributed by atoms with Crippen LogP contribution in [0.4, 0.5) is 0 Å². The van der Waals surface area contributed by atoms with E-state index in [2.05, 4.69) is 22.8 Å². The van der Waals surface area contributed by atoms with Gasteiger partial charge in [-0.05, 0) is 69.8 Å². The molecule has 3 aliphatic rings. The number of nitrogens with one attached hydrogen (secondary N) is 2. The standard InChI is InChI=1S/C21H32N4O2/c1-22-8-2-3-15-11-17(24-19(12-15)16-4-5-16)14-25(18-6-7-18)21(26)20-13-23-9-10-27-20/h11-12,16,18,20,22-23H,2-10,13-14H2,1H3/t20-/m1/s1. The first kappa shape index (κ1) is 18.8. The van der Waals surface area contributed by atoms with Crippen LogP contribution in [0, 0.1) is 0 Å². The summed E-state index contributed by atoms with van der Waals surface area (Å²) in [5, 5.41) is 6.49. The third-order valence-electron chi connectivity index (χ3n) is 5.65. The lowest BCUT2D eigenvalue weighted by Crippen LogP contribution is -2.49. The molecule has 2 saturated carbocycles. The molecule has 1 atom stereocenters. The maximum absolute atomic E-state index is 13.0. The highest BCUT2D eigenvalue weighted by Crippen LogP contribution is 2.39. The van der Waals surface area contributed by atoms with Gasteiger partial charge in [-0.1, -0.05) is 0 Å². The third kappa shape index (κ3) is 5.06. The summed E-state index contributed by atoms with van der Waals surface area (Å²) in [6.07, 6.45) is 6.53. The molecule has 0 radical (unpaired) electrons. The van der Waals surface area contributed by atoms with Crippen molar-refractivity contribution in [2.75, 3.05) is 33.3 Å². The lowest BCUT2D eigenvalue weighted by atomic mass is 10.1. The molecule has 1 aromatic rings.